The molecule has 0 bridgehead atoms. The first-order valence-corrected chi connectivity index (χ1v) is 8.00. The first-order chi connectivity index (χ1) is 10.5. The highest BCUT2D eigenvalue weighted by atomic mass is 32.2. The summed E-state index contributed by atoms with van der Waals surface area (Å²) in [6, 6.07) is 15.3. The number of benzene rings is 2. The Morgan fingerprint density at radius 1 is 1.05 bits per heavy atom. The number of anilines is 1. The van der Waals surface area contributed by atoms with Gasteiger partial charge in [0.25, 0.3) is 10.0 Å². The van der Waals surface area contributed by atoms with Crippen LogP contribution in [0, 0.1) is 0 Å². The molecule has 0 unspecified atom stereocenters. The molecule has 5 nitrogen and oxygen atoms in total. The van der Waals surface area contributed by atoms with Crippen LogP contribution >= 0.6 is 0 Å². The Bertz CT molecular complexity index is 783. The fraction of sp³-hybridized carbons (Fsp3) is 0.0625. The van der Waals surface area contributed by atoms with Gasteiger partial charge in [-0.15, -0.1) is 0 Å². The molecule has 6 heteroatoms. The van der Waals surface area contributed by atoms with Crippen molar-refractivity contribution < 1.29 is 17.9 Å². The van der Waals surface area contributed by atoms with E-state index in [4.69, 9.17) is 0 Å². The van der Waals surface area contributed by atoms with Gasteiger partial charge in [0, 0.05) is 0 Å². The van der Waals surface area contributed by atoms with Crippen LogP contribution in [0.15, 0.2) is 60.0 Å². The summed E-state index contributed by atoms with van der Waals surface area (Å²) in [5, 5.41) is 1.05. The summed E-state index contributed by atoms with van der Waals surface area (Å²) >= 11 is 0. The zero-order valence-corrected chi connectivity index (χ0v) is 12.7. The van der Waals surface area contributed by atoms with E-state index in [1.807, 2.05) is 18.2 Å². The van der Waals surface area contributed by atoms with Gasteiger partial charge < -0.3 is 4.74 Å². The fourth-order valence-corrected chi connectivity index (χ4v) is 2.67. The second kappa shape index (κ2) is 6.91. The monoisotopic (exact) mass is 317 g/mol. The number of rotatable bonds is 5. The Hall–Kier alpha value is -2.60. The standard InChI is InChI=1S/C16H15NO4S/c1-21-16(18)14-9-5-6-10-15(14)17-22(19,20)12-11-13-7-3-2-4-8-13/h2-12,17H,1H3. The highest BCUT2D eigenvalue weighted by molar-refractivity contribution is 7.95. The van der Waals surface area contributed by atoms with Crippen molar-refractivity contribution in [2.45, 2.75) is 0 Å². The van der Waals surface area contributed by atoms with Crippen LogP contribution in [0.2, 0.25) is 0 Å². The van der Waals surface area contributed by atoms with E-state index >= 15 is 0 Å². The molecule has 0 fully saturated rings. The molecular formula is C16H15NO4S. The minimum Gasteiger partial charge on any atom is -0.465 e. The number of para-hydroxylation sites is 1. The minimum absolute atomic E-state index is 0.154. The molecule has 0 spiro atoms. The van der Waals surface area contributed by atoms with Gasteiger partial charge in [-0.25, -0.2) is 13.2 Å². The Kier molecular flexibility index (Phi) is 4.95. The number of sulfonamides is 1. The number of ether oxygens (including phenoxy) is 1. The van der Waals surface area contributed by atoms with E-state index in [2.05, 4.69) is 9.46 Å². The predicted molar refractivity (Wildman–Crippen MR) is 85.8 cm³/mol. The molecule has 0 radical (unpaired) electrons. The molecule has 0 aliphatic carbocycles. The van der Waals surface area contributed by atoms with Gasteiger partial charge in [0.15, 0.2) is 0 Å². The second-order valence-corrected chi connectivity index (χ2v) is 5.96. The molecule has 0 saturated heterocycles. The zero-order chi connectivity index (χ0) is 16.0. The van der Waals surface area contributed by atoms with Crippen molar-refractivity contribution in [2.24, 2.45) is 0 Å². The summed E-state index contributed by atoms with van der Waals surface area (Å²) in [7, 11) is -2.50. The average Bonchev–Trinajstić information content (AvgIpc) is 2.53. The molecule has 2 aromatic rings. The van der Waals surface area contributed by atoms with Crippen molar-refractivity contribution in [3.8, 4) is 0 Å². The summed E-state index contributed by atoms with van der Waals surface area (Å²) in [5.74, 6) is -0.606. The average molecular weight is 317 g/mol. The summed E-state index contributed by atoms with van der Waals surface area (Å²) < 4.78 is 31.2. The fourth-order valence-electron chi connectivity index (χ4n) is 1.78. The van der Waals surface area contributed by atoms with E-state index in [0.29, 0.717) is 0 Å². The predicted octanol–water partition coefficient (Wildman–Crippen LogP) is 2.89. The van der Waals surface area contributed by atoms with Crippen LogP contribution in [-0.2, 0) is 14.8 Å². The number of carbonyl (C=O) groups excluding carboxylic acids is 1. The topological polar surface area (TPSA) is 72.5 Å². The van der Waals surface area contributed by atoms with Gasteiger partial charge in [0.1, 0.15) is 0 Å². The van der Waals surface area contributed by atoms with Crippen molar-refractivity contribution in [1.29, 1.82) is 0 Å². The summed E-state index contributed by atoms with van der Waals surface area (Å²) in [6.07, 6.45) is 1.48. The number of hydrogen-bond donors (Lipinski definition) is 1. The van der Waals surface area contributed by atoms with Crippen molar-refractivity contribution in [3.63, 3.8) is 0 Å². The maximum atomic E-state index is 12.1. The Morgan fingerprint density at radius 2 is 1.68 bits per heavy atom. The first-order valence-electron chi connectivity index (χ1n) is 6.45. The molecule has 1 N–H and O–H groups in total. The lowest BCUT2D eigenvalue weighted by Gasteiger charge is -2.09. The molecule has 114 valence electrons. The number of hydrogen-bond acceptors (Lipinski definition) is 4. The second-order valence-electron chi connectivity index (χ2n) is 4.40. The summed E-state index contributed by atoms with van der Waals surface area (Å²) in [5.41, 5.74) is 1.09. The molecule has 0 heterocycles. The van der Waals surface area contributed by atoms with E-state index in [-0.39, 0.29) is 11.3 Å². The van der Waals surface area contributed by atoms with Crippen LogP contribution < -0.4 is 4.72 Å². The van der Waals surface area contributed by atoms with Crippen LogP contribution in [0.25, 0.3) is 6.08 Å². The minimum atomic E-state index is -3.74. The van der Waals surface area contributed by atoms with Crippen molar-refractivity contribution in [1.82, 2.24) is 0 Å². The Balaban J connectivity index is 2.23. The largest absolute Gasteiger partial charge is 0.465 e. The summed E-state index contributed by atoms with van der Waals surface area (Å²) in [4.78, 5) is 11.6. The number of carbonyl (C=O) groups is 1. The zero-order valence-electron chi connectivity index (χ0n) is 11.9. The molecule has 0 amide bonds. The van der Waals surface area contributed by atoms with E-state index < -0.39 is 16.0 Å². The number of nitrogens with one attached hydrogen (secondary N) is 1. The maximum Gasteiger partial charge on any atom is 0.339 e. The Morgan fingerprint density at radius 3 is 2.36 bits per heavy atom. The van der Waals surface area contributed by atoms with Gasteiger partial charge in [0.05, 0.1) is 23.8 Å². The lowest BCUT2D eigenvalue weighted by Crippen LogP contribution is -2.13. The number of methoxy groups -OCH3 is 1. The van der Waals surface area contributed by atoms with Crippen molar-refractivity contribution in [2.75, 3.05) is 11.8 Å². The van der Waals surface area contributed by atoms with Gasteiger partial charge in [-0.05, 0) is 23.8 Å². The molecule has 0 aliphatic rings. The number of esters is 1. The van der Waals surface area contributed by atoms with E-state index in [0.717, 1.165) is 11.0 Å². The van der Waals surface area contributed by atoms with E-state index in [1.54, 1.807) is 24.3 Å². The third kappa shape index (κ3) is 4.20. The SMILES string of the molecule is COC(=O)c1ccccc1NS(=O)(=O)C=Cc1ccccc1. The molecule has 2 rings (SSSR count). The lowest BCUT2D eigenvalue weighted by molar-refractivity contribution is 0.0602. The van der Waals surface area contributed by atoms with Gasteiger partial charge in [0.2, 0.25) is 0 Å². The van der Waals surface area contributed by atoms with Gasteiger partial charge in [-0.2, -0.15) is 0 Å². The molecule has 0 atom stereocenters. The highest BCUT2D eigenvalue weighted by Crippen LogP contribution is 2.18. The van der Waals surface area contributed by atoms with Crippen LogP contribution in [0.3, 0.4) is 0 Å². The molecule has 0 aliphatic heterocycles. The highest BCUT2D eigenvalue weighted by Gasteiger charge is 2.14. The van der Waals surface area contributed by atoms with Crippen molar-refractivity contribution >= 4 is 27.8 Å². The quantitative estimate of drug-likeness (QED) is 0.861. The molecule has 0 aromatic heterocycles. The Labute approximate surface area is 129 Å². The first kappa shape index (κ1) is 15.8. The summed E-state index contributed by atoms with van der Waals surface area (Å²) in [6.45, 7) is 0. The maximum absolute atomic E-state index is 12.1. The van der Waals surface area contributed by atoms with Crippen LogP contribution in [0.4, 0.5) is 5.69 Å². The third-order valence-corrected chi connectivity index (χ3v) is 3.82. The van der Waals surface area contributed by atoms with E-state index in [9.17, 15) is 13.2 Å². The molecule has 2 aromatic carbocycles. The normalized spacial score (nSPS) is 11.3. The van der Waals surface area contributed by atoms with Crippen LogP contribution in [-0.4, -0.2) is 21.5 Å². The molecule has 0 saturated carbocycles. The molecule has 22 heavy (non-hydrogen) atoms. The third-order valence-electron chi connectivity index (χ3n) is 2.82. The van der Waals surface area contributed by atoms with Gasteiger partial charge in [-0.1, -0.05) is 42.5 Å². The van der Waals surface area contributed by atoms with Crippen LogP contribution in [0.1, 0.15) is 15.9 Å². The van der Waals surface area contributed by atoms with E-state index in [1.165, 1.54) is 25.3 Å². The smallest absolute Gasteiger partial charge is 0.339 e. The van der Waals surface area contributed by atoms with Crippen LogP contribution in [0.5, 0.6) is 0 Å². The lowest BCUT2D eigenvalue weighted by atomic mass is 10.2. The molecular weight excluding hydrogens is 302 g/mol. The van der Waals surface area contributed by atoms with Crippen molar-refractivity contribution in [3.05, 3.63) is 71.1 Å². The van der Waals surface area contributed by atoms with Gasteiger partial charge >= 0.3 is 5.97 Å². The van der Waals surface area contributed by atoms with Gasteiger partial charge in [-0.3, -0.25) is 4.72 Å².